The number of rotatable bonds is 9. The summed E-state index contributed by atoms with van der Waals surface area (Å²) in [4.78, 5) is 12.7. The van der Waals surface area contributed by atoms with E-state index in [2.05, 4.69) is 5.32 Å². The molecule has 0 atom stereocenters. The maximum absolute atomic E-state index is 13.1. The van der Waals surface area contributed by atoms with Gasteiger partial charge < -0.3 is 19.5 Å². The van der Waals surface area contributed by atoms with Gasteiger partial charge in [0.05, 0.1) is 23.8 Å². The molecule has 32 heavy (non-hydrogen) atoms. The number of nitrogens with zero attached hydrogens (tertiary/aromatic N) is 1. The average molecular weight is 463 g/mol. The lowest BCUT2D eigenvalue weighted by atomic mass is 10.2. The van der Waals surface area contributed by atoms with Crippen molar-refractivity contribution in [1.82, 2.24) is 4.31 Å². The van der Waals surface area contributed by atoms with Crippen molar-refractivity contribution in [2.75, 3.05) is 32.1 Å². The topological polar surface area (TPSA) is 94.2 Å². The number of amides is 1. The summed E-state index contributed by atoms with van der Waals surface area (Å²) in [6, 6.07) is 11.6. The number of carbonyl (C=O) groups is 1. The van der Waals surface area contributed by atoms with E-state index in [1.54, 1.807) is 30.3 Å². The molecule has 0 bridgehead atoms. The summed E-state index contributed by atoms with van der Waals surface area (Å²) < 4.78 is 44.2. The highest BCUT2D eigenvalue weighted by Gasteiger charge is 2.27. The van der Waals surface area contributed by atoms with Gasteiger partial charge in [0.15, 0.2) is 18.1 Å². The third-order valence-corrected chi connectivity index (χ3v) is 6.86. The molecule has 0 radical (unpaired) electrons. The van der Waals surface area contributed by atoms with Crippen LogP contribution in [0.4, 0.5) is 5.69 Å². The van der Waals surface area contributed by atoms with E-state index < -0.39 is 15.9 Å². The van der Waals surface area contributed by atoms with Crippen molar-refractivity contribution in [3.63, 3.8) is 0 Å². The summed E-state index contributed by atoms with van der Waals surface area (Å²) in [5, 5.41) is 2.73. The van der Waals surface area contributed by atoms with Crippen LogP contribution in [-0.4, -0.2) is 51.5 Å². The highest BCUT2D eigenvalue weighted by Crippen LogP contribution is 2.31. The van der Waals surface area contributed by atoms with Crippen molar-refractivity contribution >= 4 is 21.6 Å². The van der Waals surface area contributed by atoms with Crippen LogP contribution in [0.1, 0.15) is 33.1 Å². The van der Waals surface area contributed by atoms with Gasteiger partial charge in [-0.05, 0) is 57.0 Å². The number of hydrogen-bond donors (Lipinski definition) is 1. The third-order valence-electron chi connectivity index (χ3n) is 4.97. The van der Waals surface area contributed by atoms with E-state index in [9.17, 15) is 13.2 Å². The lowest BCUT2D eigenvalue weighted by Gasteiger charge is -2.26. The largest absolute Gasteiger partial charge is 0.493 e. The number of ether oxygens (including phenoxy) is 3. The van der Waals surface area contributed by atoms with E-state index in [1.807, 2.05) is 13.8 Å². The molecular formula is C23H30N2O6S. The number of carbonyl (C=O) groups excluding carboxylic acids is 1. The Kier molecular flexibility index (Phi) is 7.98. The Morgan fingerprint density at radius 3 is 2.38 bits per heavy atom. The second kappa shape index (κ2) is 10.7. The number of piperidine rings is 1. The molecule has 3 rings (SSSR count). The Hall–Kier alpha value is -2.78. The van der Waals surface area contributed by atoms with Gasteiger partial charge >= 0.3 is 0 Å². The molecule has 1 amide bonds. The molecule has 0 unspecified atom stereocenters. The molecular weight excluding hydrogens is 432 g/mol. The average Bonchev–Trinajstić information content (AvgIpc) is 2.79. The Morgan fingerprint density at radius 2 is 1.72 bits per heavy atom. The summed E-state index contributed by atoms with van der Waals surface area (Å²) in [7, 11) is -2.13. The van der Waals surface area contributed by atoms with E-state index in [1.165, 1.54) is 23.5 Å². The maximum atomic E-state index is 13.1. The molecule has 9 heteroatoms. The smallest absolute Gasteiger partial charge is 0.262 e. The van der Waals surface area contributed by atoms with Gasteiger partial charge in [-0.25, -0.2) is 8.42 Å². The zero-order valence-corrected chi connectivity index (χ0v) is 19.5. The molecule has 0 saturated carbocycles. The molecule has 2 aromatic carbocycles. The minimum atomic E-state index is -3.65. The molecule has 1 heterocycles. The van der Waals surface area contributed by atoms with Gasteiger partial charge in [0, 0.05) is 13.1 Å². The second-order valence-electron chi connectivity index (χ2n) is 7.78. The molecule has 1 N–H and O–H groups in total. The first kappa shape index (κ1) is 23.9. The highest BCUT2D eigenvalue weighted by molar-refractivity contribution is 7.89. The van der Waals surface area contributed by atoms with Gasteiger partial charge in [-0.1, -0.05) is 18.6 Å². The minimum Gasteiger partial charge on any atom is -0.493 e. The first-order chi connectivity index (χ1) is 15.3. The van der Waals surface area contributed by atoms with Crippen molar-refractivity contribution in [2.45, 2.75) is 44.1 Å². The lowest BCUT2D eigenvalue weighted by molar-refractivity contribution is -0.118. The summed E-state index contributed by atoms with van der Waals surface area (Å²) in [5.41, 5.74) is 0.283. The quantitative estimate of drug-likeness (QED) is 0.611. The van der Waals surface area contributed by atoms with Crippen molar-refractivity contribution in [3.8, 4) is 17.2 Å². The summed E-state index contributed by atoms with van der Waals surface area (Å²) in [5.74, 6) is 0.893. The van der Waals surface area contributed by atoms with Crippen LogP contribution in [0.15, 0.2) is 47.4 Å². The van der Waals surface area contributed by atoms with Crippen LogP contribution in [-0.2, 0) is 14.8 Å². The van der Waals surface area contributed by atoms with E-state index in [0.717, 1.165) is 19.3 Å². The van der Waals surface area contributed by atoms with E-state index in [-0.39, 0.29) is 23.3 Å². The predicted octanol–water partition coefficient (Wildman–Crippen LogP) is 3.67. The van der Waals surface area contributed by atoms with Crippen LogP contribution < -0.4 is 19.5 Å². The fourth-order valence-electron chi connectivity index (χ4n) is 3.45. The fraction of sp³-hybridized carbons (Fsp3) is 0.435. The zero-order chi connectivity index (χ0) is 23.1. The first-order valence-electron chi connectivity index (χ1n) is 10.7. The van der Waals surface area contributed by atoms with Crippen molar-refractivity contribution in [3.05, 3.63) is 42.5 Å². The van der Waals surface area contributed by atoms with Gasteiger partial charge in [0.2, 0.25) is 10.0 Å². The number of para-hydroxylation sites is 2. The number of sulfonamides is 1. The van der Waals surface area contributed by atoms with Crippen molar-refractivity contribution < 1.29 is 27.4 Å². The lowest BCUT2D eigenvalue weighted by Crippen LogP contribution is -2.35. The summed E-state index contributed by atoms with van der Waals surface area (Å²) in [6.07, 6.45) is 2.57. The van der Waals surface area contributed by atoms with Gasteiger partial charge in [-0.2, -0.15) is 4.31 Å². The highest BCUT2D eigenvalue weighted by atomic mass is 32.2. The number of benzene rings is 2. The Morgan fingerprint density at radius 1 is 1.03 bits per heavy atom. The second-order valence-corrected chi connectivity index (χ2v) is 9.71. The normalized spacial score (nSPS) is 14.8. The maximum Gasteiger partial charge on any atom is 0.262 e. The van der Waals surface area contributed by atoms with Gasteiger partial charge in [0.25, 0.3) is 5.91 Å². The Labute approximate surface area is 189 Å². The van der Waals surface area contributed by atoms with Gasteiger partial charge in [0.1, 0.15) is 5.75 Å². The molecule has 0 spiro atoms. The summed E-state index contributed by atoms with van der Waals surface area (Å²) >= 11 is 0. The molecule has 0 aliphatic carbocycles. The van der Waals surface area contributed by atoms with Gasteiger partial charge in [-0.3, -0.25) is 4.79 Å². The monoisotopic (exact) mass is 462 g/mol. The predicted molar refractivity (Wildman–Crippen MR) is 122 cm³/mol. The van der Waals surface area contributed by atoms with E-state index in [0.29, 0.717) is 30.3 Å². The molecule has 2 aromatic rings. The molecule has 1 aliphatic heterocycles. The molecule has 1 aliphatic rings. The first-order valence-corrected chi connectivity index (χ1v) is 12.1. The summed E-state index contributed by atoms with van der Waals surface area (Å²) in [6.45, 7) is 4.44. The molecule has 1 saturated heterocycles. The zero-order valence-electron chi connectivity index (χ0n) is 18.7. The van der Waals surface area contributed by atoms with Crippen LogP contribution in [0.5, 0.6) is 17.2 Å². The number of methoxy groups -OCH3 is 1. The van der Waals surface area contributed by atoms with Crippen LogP contribution in [0, 0.1) is 0 Å². The van der Waals surface area contributed by atoms with Crippen molar-refractivity contribution in [1.29, 1.82) is 0 Å². The standard InChI is InChI=1S/C23H30N2O6S/c1-17(2)31-20-12-11-18(32(27,28)25-13-7-4-8-14-25)15-19(20)24-23(26)16-30-22-10-6-5-9-21(22)29-3/h5-6,9-12,15,17H,4,7-8,13-14,16H2,1-3H3,(H,24,26). The number of anilines is 1. The van der Waals surface area contributed by atoms with Crippen molar-refractivity contribution in [2.24, 2.45) is 0 Å². The van der Waals surface area contributed by atoms with Crippen LogP contribution in [0.2, 0.25) is 0 Å². The number of hydrogen-bond acceptors (Lipinski definition) is 6. The molecule has 174 valence electrons. The fourth-order valence-corrected chi connectivity index (χ4v) is 4.99. The Bertz CT molecular complexity index is 1030. The minimum absolute atomic E-state index is 0.122. The molecule has 8 nitrogen and oxygen atoms in total. The van der Waals surface area contributed by atoms with E-state index in [4.69, 9.17) is 14.2 Å². The van der Waals surface area contributed by atoms with Crippen LogP contribution >= 0.6 is 0 Å². The van der Waals surface area contributed by atoms with Crippen LogP contribution in [0.25, 0.3) is 0 Å². The molecule has 1 fully saturated rings. The Balaban J connectivity index is 1.79. The SMILES string of the molecule is COc1ccccc1OCC(=O)Nc1cc(S(=O)(=O)N2CCCCC2)ccc1OC(C)C. The van der Waals surface area contributed by atoms with Gasteiger partial charge in [-0.15, -0.1) is 0 Å². The van der Waals surface area contributed by atoms with E-state index >= 15 is 0 Å². The van der Waals surface area contributed by atoms with Crippen LogP contribution in [0.3, 0.4) is 0 Å². The third kappa shape index (κ3) is 5.92. The number of nitrogens with one attached hydrogen (secondary N) is 1. The molecule has 0 aromatic heterocycles.